The molecule has 0 fully saturated rings. The third-order valence-corrected chi connectivity index (χ3v) is 7.45. The number of anilines is 1. The molecule has 0 spiro atoms. The number of rotatable bonds is 10. The lowest BCUT2D eigenvalue weighted by Crippen LogP contribution is -2.18. The quantitative estimate of drug-likeness (QED) is 0.287. The van der Waals surface area contributed by atoms with Gasteiger partial charge >= 0.3 is 11.9 Å². The first-order valence-corrected chi connectivity index (χ1v) is 13.2. The zero-order chi connectivity index (χ0) is 26.2. The fraction of sp³-hybridized carbons (Fsp3) is 0.310. The van der Waals surface area contributed by atoms with Crippen LogP contribution in [0.15, 0.2) is 60.7 Å². The molecule has 7 nitrogen and oxygen atoms in total. The van der Waals surface area contributed by atoms with Crippen molar-refractivity contribution in [2.75, 3.05) is 18.5 Å². The van der Waals surface area contributed by atoms with Gasteiger partial charge in [-0.1, -0.05) is 60.7 Å². The predicted molar refractivity (Wildman–Crippen MR) is 141 cm³/mol. The van der Waals surface area contributed by atoms with Crippen LogP contribution in [-0.4, -0.2) is 36.8 Å². The molecule has 1 heterocycles. The second kappa shape index (κ2) is 12.5. The van der Waals surface area contributed by atoms with Crippen LogP contribution in [0.5, 0.6) is 0 Å². The molecular weight excluding hydrogens is 490 g/mol. The normalized spacial score (nSPS) is 14.4. The molecule has 2 aromatic carbocycles. The van der Waals surface area contributed by atoms with E-state index >= 15 is 0 Å². The number of ketones is 1. The summed E-state index contributed by atoms with van der Waals surface area (Å²) < 4.78 is 10.3. The van der Waals surface area contributed by atoms with E-state index < -0.39 is 17.8 Å². The molecule has 0 bridgehead atoms. The van der Waals surface area contributed by atoms with Crippen molar-refractivity contribution in [3.05, 3.63) is 87.8 Å². The third-order valence-electron chi connectivity index (χ3n) is 6.28. The molecule has 1 aliphatic carbocycles. The number of thiophene rings is 1. The highest BCUT2D eigenvalue weighted by atomic mass is 32.1. The zero-order valence-electron chi connectivity index (χ0n) is 20.7. The number of benzene rings is 2. The molecule has 0 saturated carbocycles. The average molecular weight is 520 g/mol. The van der Waals surface area contributed by atoms with E-state index in [1.165, 1.54) is 16.9 Å². The SMILES string of the molecule is CCOC(=O)c1c(NC(=O)CCC(=O)OCC(=O)c2ccccc2)sc2c1CCC(c1ccccc1)C2. The Labute approximate surface area is 219 Å². The van der Waals surface area contributed by atoms with Gasteiger partial charge in [-0.3, -0.25) is 14.4 Å². The van der Waals surface area contributed by atoms with Gasteiger partial charge in [0.15, 0.2) is 12.4 Å². The second-order valence-corrected chi connectivity index (χ2v) is 9.88. The van der Waals surface area contributed by atoms with Crippen molar-refractivity contribution < 1.29 is 28.7 Å². The first kappa shape index (κ1) is 26.3. The topological polar surface area (TPSA) is 98.8 Å². The fourth-order valence-corrected chi connectivity index (χ4v) is 5.76. The molecule has 0 saturated heterocycles. The molecule has 3 aromatic rings. The molecule has 4 rings (SSSR count). The number of ether oxygens (including phenoxy) is 2. The van der Waals surface area contributed by atoms with Gasteiger partial charge in [0.05, 0.1) is 18.6 Å². The van der Waals surface area contributed by atoms with Crippen LogP contribution in [0.2, 0.25) is 0 Å². The summed E-state index contributed by atoms with van der Waals surface area (Å²) in [7, 11) is 0. The number of Topliss-reactive ketones (excluding diaryl/α,β-unsaturated/α-hetero) is 1. The molecule has 1 N–H and O–H groups in total. The number of fused-ring (bicyclic) bond motifs is 1. The van der Waals surface area contributed by atoms with Gasteiger partial charge in [0.25, 0.3) is 0 Å². The van der Waals surface area contributed by atoms with Gasteiger partial charge in [-0.25, -0.2) is 4.79 Å². The standard InChI is InChI=1S/C29H29NO6S/c1-2-35-29(34)27-22-14-13-21(19-9-5-3-6-10-19)17-24(22)37-28(27)30-25(32)15-16-26(33)36-18-23(31)20-11-7-4-8-12-20/h3-12,21H,2,13-18H2,1H3,(H,30,32). The van der Waals surface area contributed by atoms with Gasteiger partial charge in [-0.2, -0.15) is 0 Å². The van der Waals surface area contributed by atoms with Crippen molar-refractivity contribution in [1.29, 1.82) is 0 Å². The average Bonchev–Trinajstić information content (AvgIpc) is 3.28. The Morgan fingerprint density at radius 3 is 2.35 bits per heavy atom. The van der Waals surface area contributed by atoms with Crippen molar-refractivity contribution >= 4 is 40.0 Å². The van der Waals surface area contributed by atoms with E-state index in [4.69, 9.17) is 9.47 Å². The minimum absolute atomic E-state index is 0.129. The Morgan fingerprint density at radius 1 is 0.946 bits per heavy atom. The summed E-state index contributed by atoms with van der Waals surface area (Å²) in [6, 6.07) is 18.8. The summed E-state index contributed by atoms with van der Waals surface area (Å²) in [5.74, 6) is -1.46. The maximum Gasteiger partial charge on any atom is 0.341 e. The Hall–Kier alpha value is -3.78. The molecule has 1 aromatic heterocycles. The Bertz CT molecular complexity index is 1270. The minimum atomic E-state index is -0.638. The number of esters is 2. The highest BCUT2D eigenvalue weighted by Crippen LogP contribution is 2.42. The lowest BCUT2D eigenvalue weighted by molar-refractivity contribution is -0.143. The van der Waals surface area contributed by atoms with Crippen LogP contribution in [0.3, 0.4) is 0 Å². The van der Waals surface area contributed by atoms with Crippen LogP contribution in [0.4, 0.5) is 5.00 Å². The summed E-state index contributed by atoms with van der Waals surface area (Å²) in [4.78, 5) is 50.7. The molecule has 1 unspecified atom stereocenters. The fourth-order valence-electron chi connectivity index (χ4n) is 4.43. The lowest BCUT2D eigenvalue weighted by Gasteiger charge is -2.23. The Kier molecular flexibility index (Phi) is 8.85. The molecule has 0 radical (unpaired) electrons. The van der Waals surface area contributed by atoms with Gasteiger partial charge in [0, 0.05) is 16.9 Å². The number of nitrogens with one attached hydrogen (secondary N) is 1. The number of carbonyl (C=O) groups excluding carboxylic acids is 4. The predicted octanol–water partition coefficient (Wildman–Crippen LogP) is 5.34. The largest absolute Gasteiger partial charge is 0.462 e. The third kappa shape index (κ3) is 6.71. The van der Waals surface area contributed by atoms with E-state index in [2.05, 4.69) is 17.4 Å². The van der Waals surface area contributed by atoms with Gasteiger partial charge < -0.3 is 14.8 Å². The van der Waals surface area contributed by atoms with Crippen LogP contribution in [0.1, 0.15) is 68.8 Å². The summed E-state index contributed by atoms with van der Waals surface area (Å²) in [5, 5.41) is 3.27. The first-order chi connectivity index (χ1) is 18.0. The van der Waals surface area contributed by atoms with Gasteiger partial charge in [0.2, 0.25) is 5.91 Å². The Balaban J connectivity index is 1.37. The minimum Gasteiger partial charge on any atom is -0.462 e. The van der Waals surface area contributed by atoms with E-state index in [-0.39, 0.29) is 31.8 Å². The van der Waals surface area contributed by atoms with Crippen LogP contribution in [0, 0.1) is 0 Å². The highest BCUT2D eigenvalue weighted by Gasteiger charge is 2.31. The number of hydrogen-bond acceptors (Lipinski definition) is 7. The van der Waals surface area contributed by atoms with E-state index in [9.17, 15) is 19.2 Å². The Morgan fingerprint density at radius 2 is 1.65 bits per heavy atom. The lowest BCUT2D eigenvalue weighted by atomic mass is 9.83. The second-order valence-electron chi connectivity index (χ2n) is 8.78. The molecule has 1 aliphatic rings. The van der Waals surface area contributed by atoms with Crippen molar-refractivity contribution in [3.8, 4) is 0 Å². The zero-order valence-corrected chi connectivity index (χ0v) is 21.5. The van der Waals surface area contributed by atoms with Crippen molar-refractivity contribution in [2.45, 2.75) is 44.9 Å². The van der Waals surface area contributed by atoms with E-state index in [0.717, 1.165) is 29.7 Å². The van der Waals surface area contributed by atoms with E-state index in [1.807, 2.05) is 18.2 Å². The molecule has 8 heteroatoms. The molecule has 1 atom stereocenters. The van der Waals surface area contributed by atoms with Crippen molar-refractivity contribution in [3.63, 3.8) is 0 Å². The number of hydrogen-bond donors (Lipinski definition) is 1. The monoisotopic (exact) mass is 519 g/mol. The highest BCUT2D eigenvalue weighted by molar-refractivity contribution is 7.17. The van der Waals surface area contributed by atoms with Crippen LogP contribution >= 0.6 is 11.3 Å². The van der Waals surface area contributed by atoms with Crippen LogP contribution < -0.4 is 5.32 Å². The molecule has 192 valence electrons. The molecule has 1 amide bonds. The summed E-state index contributed by atoms with van der Waals surface area (Å²) >= 11 is 1.40. The summed E-state index contributed by atoms with van der Waals surface area (Å²) in [6.45, 7) is 1.60. The summed E-state index contributed by atoms with van der Waals surface area (Å²) in [6.07, 6.45) is 2.10. The van der Waals surface area contributed by atoms with Gasteiger partial charge in [0.1, 0.15) is 5.00 Å². The van der Waals surface area contributed by atoms with Crippen LogP contribution in [-0.2, 0) is 31.9 Å². The van der Waals surface area contributed by atoms with Crippen molar-refractivity contribution in [2.24, 2.45) is 0 Å². The molecular formula is C29H29NO6S. The maximum absolute atomic E-state index is 12.8. The maximum atomic E-state index is 12.8. The molecule has 0 aliphatic heterocycles. The first-order valence-electron chi connectivity index (χ1n) is 12.4. The number of carbonyl (C=O) groups is 4. The van der Waals surface area contributed by atoms with Crippen LogP contribution in [0.25, 0.3) is 0 Å². The molecule has 37 heavy (non-hydrogen) atoms. The summed E-state index contributed by atoms with van der Waals surface area (Å²) in [5.41, 5.74) is 3.06. The van der Waals surface area contributed by atoms with E-state index in [1.54, 1.807) is 37.3 Å². The van der Waals surface area contributed by atoms with Gasteiger partial charge in [-0.15, -0.1) is 11.3 Å². The smallest absolute Gasteiger partial charge is 0.341 e. The van der Waals surface area contributed by atoms with Gasteiger partial charge in [-0.05, 0) is 43.2 Å². The number of amides is 1. The van der Waals surface area contributed by atoms with E-state index in [0.29, 0.717) is 22.0 Å². The van der Waals surface area contributed by atoms with Crippen molar-refractivity contribution in [1.82, 2.24) is 0 Å².